The van der Waals surface area contributed by atoms with Gasteiger partial charge in [-0.3, -0.25) is 4.79 Å². The molecular weight excluding hydrogens is 388 g/mol. The lowest BCUT2D eigenvalue weighted by Gasteiger charge is -2.13. The molecule has 0 N–H and O–H groups in total. The van der Waals surface area contributed by atoms with E-state index in [1.54, 1.807) is 19.2 Å². The highest BCUT2D eigenvalue weighted by Gasteiger charge is 2.17. The molecule has 21 heavy (non-hydrogen) atoms. The summed E-state index contributed by atoms with van der Waals surface area (Å²) < 4.78 is 20.8. The molecule has 0 bridgehead atoms. The van der Waals surface area contributed by atoms with Gasteiger partial charge in [0, 0.05) is 28.8 Å². The minimum atomic E-state index is -0.550. The average molecular weight is 401 g/mol. The number of aromatic nitrogens is 1. The highest BCUT2D eigenvalue weighted by atomic mass is 127. The van der Waals surface area contributed by atoms with E-state index in [1.165, 1.54) is 29.9 Å². The molecule has 0 atom stereocenters. The van der Waals surface area contributed by atoms with E-state index in [-0.39, 0.29) is 23.4 Å². The number of hydrogen-bond acceptors (Lipinski definition) is 3. The number of carbonyl (C=O) groups is 1. The van der Waals surface area contributed by atoms with Crippen LogP contribution in [0, 0.1) is 9.39 Å². The SMILES string of the molecule is COC(=O)c1ccc(=O)n(C)c1Cc1ccc(I)cc1F. The second kappa shape index (κ2) is 6.38. The molecule has 0 amide bonds. The first-order valence-corrected chi connectivity index (χ1v) is 7.23. The van der Waals surface area contributed by atoms with Gasteiger partial charge in [-0.15, -0.1) is 0 Å². The van der Waals surface area contributed by atoms with Gasteiger partial charge >= 0.3 is 5.97 Å². The zero-order valence-corrected chi connectivity index (χ0v) is 13.7. The van der Waals surface area contributed by atoms with Gasteiger partial charge in [-0.2, -0.15) is 0 Å². The number of methoxy groups -OCH3 is 1. The van der Waals surface area contributed by atoms with Crippen molar-refractivity contribution in [3.63, 3.8) is 0 Å². The van der Waals surface area contributed by atoms with Gasteiger partial charge in [0.25, 0.3) is 5.56 Å². The third kappa shape index (κ3) is 3.31. The first-order valence-electron chi connectivity index (χ1n) is 6.15. The molecule has 1 aromatic carbocycles. The summed E-state index contributed by atoms with van der Waals surface area (Å²) in [5, 5.41) is 0. The zero-order chi connectivity index (χ0) is 15.6. The third-order valence-electron chi connectivity index (χ3n) is 3.22. The van der Waals surface area contributed by atoms with Crippen molar-refractivity contribution < 1.29 is 13.9 Å². The Morgan fingerprint density at radius 1 is 1.33 bits per heavy atom. The molecule has 1 aromatic heterocycles. The fraction of sp³-hybridized carbons (Fsp3) is 0.200. The lowest BCUT2D eigenvalue weighted by atomic mass is 10.0. The Hall–Kier alpha value is -1.70. The van der Waals surface area contributed by atoms with Gasteiger partial charge in [-0.1, -0.05) is 6.07 Å². The van der Waals surface area contributed by atoms with Crippen LogP contribution in [0.1, 0.15) is 21.6 Å². The number of pyridine rings is 1. The molecule has 0 fully saturated rings. The van der Waals surface area contributed by atoms with Crippen LogP contribution in [0.3, 0.4) is 0 Å². The maximum atomic E-state index is 14.0. The molecule has 0 unspecified atom stereocenters. The number of esters is 1. The van der Waals surface area contributed by atoms with Crippen molar-refractivity contribution in [2.24, 2.45) is 7.05 Å². The molecule has 0 radical (unpaired) electrons. The van der Waals surface area contributed by atoms with E-state index < -0.39 is 5.97 Å². The van der Waals surface area contributed by atoms with Crippen LogP contribution in [0.15, 0.2) is 35.1 Å². The molecule has 1 heterocycles. The predicted octanol–water partition coefficient (Wildman–Crippen LogP) is 2.51. The van der Waals surface area contributed by atoms with Gasteiger partial charge in [0.2, 0.25) is 0 Å². The zero-order valence-electron chi connectivity index (χ0n) is 11.5. The van der Waals surface area contributed by atoms with E-state index in [0.717, 1.165) is 3.57 Å². The van der Waals surface area contributed by atoms with E-state index >= 15 is 0 Å². The second-order valence-corrected chi connectivity index (χ2v) is 5.74. The molecule has 2 aromatic rings. The lowest BCUT2D eigenvalue weighted by molar-refractivity contribution is 0.0598. The minimum absolute atomic E-state index is 0.139. The Balaban J connectivity index is 2.54. The topological polar surface area (TPSA) is 48.3 Å². The van der Waals surface area contributed by atoms with E-state index in [1.807, 2.05) is 22.6 Å². The fourth-order valence-corrected chi connectivity index (χ4v) is 2.48. The predicted molar refractivity (Wildman–Crippen MR) is 84.9 cm³/mol. The van der Waals surface area contributed by atoms with Crippen LogP contribution in [0.4, 0.5) is 4.39 Å². The molecule has 2 rings (SSSR count). The number of rotatable bonds is 3. The smallest absolute Gasteiger partial charge is 0.339 e. The monoisotopic (exact) mass is 401 g/mol. The summed E-state index contributed by atoms with van der Waals surface area (Å²) in [6.07, 6.45) is 0.139. The van der Waals surface area contributed by atoms with Gasteiger partial charge in [0.1, 0.15) is 5.82 Å². The second-order valence-electron chi connectivity index (χ2n) is 4.50. The van der Waals surface area contributed by atoms with Gasteiger partial charge in [-0.05, 0) is 46.4 Å². The highest BCUT2D eigenvalue weighted by Crippen LogP contribution is 2.18. The number of carbonyl (C=O) groups excluding carboxylic acids is 1. The van der Waals surface area contributed by atoms with Crippen LogP contribution in [-0.2, 0) is 18.2 Å². The normalized spacial score (nSPS) is 10.5. The van der Waals surface area contributed by atoms with Crippen molar-refractivity contribution in [1.29, 1.82) is 0 Å². The molecular formula is C15H13FINO3. The summed E-state index contributed by atoms with van der Waals surface area (Å²) in [7, 11) is 2.82. The van der Waals surface area contributed by atoms with Crippen LogP contribution < -0.4 is 5.56 Å². The van der Waals surface area contributed by atoms with Crippen LogP contribution in [0.5, 0.6) is 0 Å². The Labute approximate surface area is 134 Å². The van der Waals surface area contributed by atoms with Crippen molar-refractivity contribution in [1.82, 2.24) is 4.57 Å². The van der Waals surface area contributed by atoms with Crippen molar-refractivity contribution >= 4 is 28.6 Å². The van der Waals surface area contributed by atoms with Gasteiger partial charge in [-0.25, -0.2) is 9.18 Å². The number of halogens is 2. The molecule has 0 aliphatic carbocycles. The number of hydrogen-bond donors (Lipinski definition) is 0. The summed E-state index contributed by atoms with van der Waals surface area (Å²) in [5.41, 5.74) is 0.845. The van der Waals surface area contributed by atoms with Crippen molar-refractivity contribution in [2.75, 3.05) is 7.11 Å². The van der Waals surface area contributed by atoms with E-state index in [4.69, 9.17) is 4.74 Å². The van der Waals surface area contributed by atoms with Crippen LogP contribution >= 0.6 is 22.6 Å². The first kappa shape index (κ1) is 15.7. The summed E-state index contributed by atoms with van der Waals surface area (Å²) in [5.74, 6) is -0.916. The Morgan fingerprint density at radius 3 is 2.67 bits per heavy atom. The van der Waals surface area contributed by atoms with Crippen molar-refractivity contribution in [3.8, 4) is 0 Å². The van der Waals surface area contributed by atoms with E-state index in [9.17, 15) is 14.0 Å². The largest absolute Gasteiger partial charge is 0.465 e. The number of ether oxygens (including phenoxy) is 1. The maximum Gasteiger partial charge on any atom is 0.339 e. The third-order valence-corrected chi connectivity index (χ3v) is 3.89. The average Bonchev–Trinajstić information content (AvgIpc) is 2.45. The molecule has 0 aliphatic heterocycles. The molecule has 6 heteroatoms. The Bertz CT molecular complexity index is 755. The van der Waals surface area contributed by atoms with Gasteiger partial charge in [0.05, 0.1) is 12.7 Å². The van der Waals surface area contributed by atoms with Gasteiger partial charge in [0.15, 0.2) is 0 Å². The maximum absolute atomic E-state index is 14.0. The van der Waals surface area contributed by atoms with Crippen LogP contribution in [0.25, 0.3) is 0 Å². The van der Waals surface area contributed by atoms with Gasteiger partial charge < -0.3 is 9.30 Å². The highest BCUT2D eigenvalue weighted by molar-refractivity contribution is 14.1. The summed E-state index contributed by atoms with van der Waals surface area (Å²) in [6.45, 7) is 0. The molecule has 4 nitrogen and oxygen atoms in total. The van der Waals surface area contributed by atoms with E-state index in [2.05, 4.69) is 0 Å². The standard InChI is InChI=1S/C15H13FINO3/c1-18-13(7-9-3-4-10(17)8-12(9)16)11(15(20)21-2)5-6-14(18)19/h3-6,8H,7H2,1-2H3. The molecule has 0 saturated heterocycles. The van der Waals surface area contributed by atoms with Crippen molar-refractivity contribution in [2.45, 2.75) is 6.42 Å². The quantitative estimate of drug-likeness (QED) is 0.587. The number of benzene rings is 1. The molecule has 0 spiro atoms. The first-order chi connectivity index (χ1) is 9.93. The molecule has 110 valence electrons. The lowest BCUT2D eigenvalue weighted by Crippen LogP contribution is -2.23. The minimum Gasteiger partial charge on any atom is -0.465 e. The van der Waals surface area contributed by atoms with Crippen LogP contribution in [-0.4, -0.2) is 17.6 Å². The molecule has 0 aliphatic rings. The van der Waals surface area contributed by atoms with Crippen LogP contribution in [0.2, 0.25) is 0 Å². The summed E-state index contributed by atoms with van der Waals surface area (Å²) in [4.78, 5) is 23.5. The Morgan fingerprint density at radius 2 is 2.05 bits per heavy atom. The summed E-state index contributed by atoms with van der Waals surface area (Å²) >= 11 is 2.02. The Kier molecular flexibility index (Phi) is 4.76. The summed E-state index contributed by atoms with van der Waals surface area (Å²) in [6, 6.07) is 7.54. The fourth-order valence-electron chi connectivity index (χ4n) is 2.03. The molecule has 0 saturated carbocycles. The van der Waals surface area contributed by atoms with Crippen molar-refractivity contribution in [3.05, 3.63) is 66.9 Å². The number of nitrogens with zero attached hydrogens (tertiary/aromatic N) is 1. The van der Waals surface area contributed by atoms with E-state index in [0.29, 0.717) is 11.3 Å².